The van der Waals surface area contributed by atoms with E-state index >= 15 is 0 Å². The second kappa shape index (κ2) is 7.21. The van der Waals surface area contributed by atoms with E-state index in [9.17, 15) is 14.4 Å². The molecule has 136 valence electrons. The van der Waals surface area contributed by atoms with Crippen LogP contribution in [0.15, 0.2) is 44.9 Å². The molecule has 3 rings (SSSR count). The highest BCUT2D eigenvalue weighted by Crippen LogP contribution is 2.28. The number of allylic oxidation sites excluding steroid dienone is 1. The van der Waals surface area contributed by atoms with Gasteiger partial charge in [0, 0.05) is 5.70 Å². The van der Waals surface area contributed by atoms with Crippen LogP contribution in [0.3, 0.4) is 0 Å². The Labute approximate surface area is 154 Å². The highest BCUT2D eigenvalue weighted by atomic mass is 35.5. The summed E-state index contributed by atoms with van der Waals surface area (Å²) in [6, 6.07) is 3.64. The van der Waals surface area contributed by atoms with Crippen molar-refractivity contribution in [1.29, 1.82) is 0 Å². The van der Waals surface area contributed by atoms with Crippen molar-refractivity contribution in [2.45, 2.75) is 19.9 Å². The summed E-state index contributed by atoms with van der Waals surface area (Å²) in [6.45, 7) is 3.66. The standard InChI is InChI=1S/C18H17ClN2O5/c1-3-25-17(23)14-12(7-19)20-18(24)21-15(14)11-8-26-13-5-4-9(2)6-10(13)16(11)22/h4-6,8,15H,3,7H2,1-2H3,(H2,20,21,24). The summed E-state index contributed by atoms with van der Waals surface area (Å²) in [4.78, 5) is 37.4. The van der Waals surface area contributed by atoms with Gasteiger partial charge in [-0.1, -0.05) is 11.6 Å². The van der Waals surface area contributed by atoms with Gasteiger partial charge in [0.2, 0.25) is 0 Å². The first-order valence-electron chi connectivity index (χ1n) is 8.02. The summed E-state index contributed by atoms with van der Waals surface area (Å²) in [5.41, 5.74) is 1.38. The first-order chi connectivity index (χ1) is 12.5. The zero-order valence-electron chi connectivity index (χ0n) is 14.2. The minimum Gasteiger partial charge on any atom is -0.464 e. The summed E-state index contributed by atoms with van der Waals surface area (Å²) in [5.74, 6) is -0.778. The molecule has 2 amide bonds. The van der Waals surface area contributed by atoms with Gasteiger partial charge in [-0.15, -0.1) is 11.6 Å². The number of esters is 1. The maximum Gasteiger partial charge on any atom is 0.338 e. The second-order valence-corrected chi connectivity index (χ2v) is 6.06. The van der Waals surface area contributed by atoms with Crippen molar-refractivity contribution in [2.75, 3.05) is 12.5 Å². The first kappa shape index (κ1) is 18.0. The molecule has 1 aromatic carbocycles. The molecular formula is C18H17ClN2O5. The Bertz CT molecular complexity index is 979. The van der Waals surface area contributed by atoms with E-state index in [1.807, 2.05) is 13.0 Å². The Hall–Kier alpha value is -2.80. The number of carbonyl (C=O) groups excluding carboxylic acids is 2. The first-order valence-corrected chi connectivity index (χ1v) is 8.55. The normalized spacial score (nSPS) is 17.0. The minimum atomic E-state index is -1.02. The van der Waals surface area contributed by atoms with Crippen molar-refractivity contribution in [3.63, 3.8) is 0 Å². The van der Waals surface area contributed by atoms with Gasteiger partial charge in [-0.25, -0.2) is 9.59 Å². The van der Waals surface area contributed by atoms with Crippen LogP contribution < -0.4 is 16.1 Å². The number of alkyl halides is 1. The average molecular weight is 377 g/mol. The molecule has 8 heteroatoms. The third-order valence-electron chi connectivity index (χ3n) is 4.05. The van der Waals surface area contributed by atoms with E-state index in [0.29, 0.717) is 11.0 Å². The fourth-order valence-electron chi connectivity index (χ4n) is 2.87. The largest absolute Gasteiger partial charge is 0.464 e. The van der Waals surface area contributed by atoms with E-state index in [-0.39, 0.29) is 34.7 Å². The predicted octanol–water partition coefficient (Wildman–Crippen LogP) is 2.51. The summed E-state index contributed by atoms with van der Waals surface area (Å²) in [6.07, 6.45) is 1.25. The summed E-state index contributed by atoms with van der Waals surface area (Å²) >= 11 is 5.88. The zero-order valence-corrected chi connectivity index (χ0v) is 15.0. The molecule has 2 aromatic rings. The van der Waals surface area contributed by atoms with Gasteiger partial charge in [-0.05, 0) is 26.0 Å². The van der Waals surface area contributed by atoms with E-state index in [1.54, 1.807) is 19.1 Å². The van der Waals surface area contributed by atoms with Gasteiger partial charge < -0.3 is 19.8 Å². The van der Waals surface area contributed by atoms with Crippen LogP contribution in [0.4, 0.5) is 4.79 Å². The predicted molar refractivity (Wildman–Crippen MR) is 96.0 cm³/mol. The number of halogens is 1. The van der Waals surface area contributed by atoms with E-state index in [0.717, 1.165) is 5.56 Å². The lowest BCUT2D eigenvalue weighted by molar-refractivity contribution is -0.139. The number of nitrogens with one attached hydrogen (secondary N) is 2. The molecule has 0 bridgehead atoms. The van der Waals surface area contributed by atoms with Gasteiger partial charge in [0.1, 0.15) is 11.8 Å². The molecule has 0 spiro atoms. The molecule has 0 fully saturated rings. The van der Waals surface area contributed by atoms with E-state index in [2.05, 4.69) is 10.6 Å². The van der Waals surface area contributed by atoms with Gasteiger partial charge in [0.15, 0.2) is 5.43 Å². The number of carbonyl (C=O) groups is 2. The number of amides is 2. The van der Waals surface area contributed by atoms with E-state index in [1.165, 1.54) is 6.26 Å². The van der Waals surface area contributed by atoms with Crippen molar-refractivity contribution in [1.82, 2.24) is 10.6 Å². The van der Waals surface area contributed by atoms with Gasteiger partial charge >= 0.3 is 12.0 Å². The average Bonchev–Trinajstić information content (AvgIpc) is 2.61. The monoisotopic (exact) mass is 376 g/mol. The second-order valence-electron chi connectivity index (χ2n) is 5.80. The van der Waals surface area contributed by atoms with Crippen LogP contribution in [-0.2, 0) is 9.53 Å². The molecule has 1 aliphatic rings. The number of hydrogen-bond acceptors (Lipinski definition) is 5. The highest BCUT2D eigenvalue weighted by Gasteiger charge is 2.35. The lowest BCUT2D eigenvalue weighted by atomic mass is 9.95. The summed E-state index contributed by atoms with van der Waals surface area (Å²) < 4.78 is 10.6. The van der Waals surface area contributed by atoms with Gasteiger partial charge in [-0.3, -0.25) is 4.79 Å². The molecule has 0 aliphatic carbocycles. The minimum absolute atomic E-state index is 0.0840. The van der Waals surface area contributed by atoms with Gasteiger partial charge in [-0.2, -0.15) is 0 Å². The van der Waals surface area contributed by atoms with Gasteiger partial charge in [0.05, 0.1) is 35.1 Å². The fourth-order valence-corrected chi connectivity index (χ4v) is 3.08. The van der Waals surface area contributed by atoms with Crippen LogP contribution >= 0.6 is 11.6 Å². The number of fused-ring (bicyclic) bond motifs is 1. The molecular weight excluding hydrogens is 360 g/mol. The van der Waals surface area contributed by atoms with E-state index < -0.39 is 18.0 Å². The maximum atomic E-state index is 13.0. The smallest absolute Gasteiger partial charge is 0.338 e. The number of rotatable bonds is 4. The number of ether oxygens (including phenoxy) is 1. The van der Waals surface area contributed by atoms with Crippen molar-refractivity contribution in [3.05, 3.63) is 57.1 Å². The fraction of sp³-hybridized carbons (Fsp3) is 0.278. The van der Waals surface area contributed by atoms with Crippen LogP contribution in [0.25, 0.3) is 11.0 Å². The molecule has 0 saturated heterocycles. The quantitative estimate of drug-likeness (QED) is 0.631. The Morgan fingerprint density at radius 1 is 1.35 bits per heavy atom. The molecule has 1 aliphatic heterocycles. The third kappa shape index (κ3) is 3.17. The molecule has 0 radical (unpaired) electrons. The Morgan fingerprint density at radius 3 is 2.81 bits per heavy atom. The molecule has 2 heterocycles. The Balaban J connectivity index is 2.21. The van der Waals surface area contributed by atoms with Crippen molar-refractivity contribution < 1.29 is 18.7 Å². The van der Waals surface area contributed by atoms with E-state index in [4.69, 9.17) is 20.8 Å². The van der Waals surface area contributed by atoms with Crippen LogP contribution in [0.5, 0.6) is 0 Å². The number of aryl methyl sites for hydroxylation is 1. The molecule has 7 nitrogen and oxygen atoms in total. The summed E-state index contributed by atoms with van der Waals surface area (Å²) in [5, 5.41) is 5.43. The topological polar surface area (TPSA) is 97.6 Å². The van der Waals surface area contributed by atoms with Crippen molar-refractivity contribution in [3.8, 4) is 0 Å². The highest BCUT2D eigenvalue weighted by molar-refractivity contribution is 6.20. The molecule has 1 unspecified atom stereocenters. The Kier molecular flexibility index (Phi) is 4.99. The molecule has 26 heavy (non-hydrogen) atoms. The van der Waals surface area contributed by atoms with Crippen LogP contribution in [0, 0.1) is 6.92 Å². The van der Waals surface area contributed by atoms with Crippen LogP contribution in [0.2, 0.25) is 0 Å². The SMILES string of the molecule is CCOC(=O)C1=C(CCl)NC(=O)NC1c1coc2ccc(C)cc2c1=O. The lowest BCUT2D eigenvalue weighted by Crippen LogP contribution is -2.47. The Morgan fingerprint density at radius 2 is 2.12 bits per heavy atom. The lowest BCUT2D eigenvalue weighted by Gasteiger charge is -2.28. The number of benzene rings is 1. The number of hydrogen-bond donors (Lipinski definition) is 2. The van der Waals surface area contributed by atoms with Crippen LogP contribution in [0.1, 0.15) is 24.1 Å². The molecule has 1 atom stereocenters. The molecule has 0 saturated carbocycles. The molecule has 1 aromatic heterocycles. The van der Waals surface area contributed by atoms with Gasteiger partial charge in [0.25, 0.3) is 0 Å². The zero-order chi connectivity index (χ0) is 18.8. The van der Waals surface area contributed by atoms with Crippen molar-refractivity contribution >= 4 is 34.6 Å². The van der Waals surface area contributed by atoms with Crippen LogP contribution in [-0.4, -0.2) is 24.5 Å². The molecule has 2 N–H and O–H groups in total. The third-order valence-corrected chi connectivity index (χ3v) is 4.32. The number of urea groups is 1. The summed E-state index contributed by atoms with van der Waals surface area (Å²) in [7, 11) is 0. The van der Waals surface area contributed by atoms with Crippen molar-refractivity contribution in [2.24, 2.45) is 0 Å². The maximum absolute atomic E-state index is 13.0.